The lowest BCUT2D eigenvalue weighted by Gasteiger charge is -2.19. The normalized spacial score (nSPS) is 11.8. The summed E-state index contributed by atoms with van der Waals surface area (Å²) in [6.07, 6.45) is 15.2. The van der Waals surface area contributed by atoms with Crippen molar-refractivity contribution in [1.29, 1.82) is 0 Å². The van der Waals surface area contributed by atoms with E-state index in [4.69, 9.17) is 4.74 Å². The first kappa shape index (κ1) is 26.8. The van der Waals surface area contributed by atoms with Crippen LogP contribution in [0, 0.1) is 0 Å². The second-order valence-electron chi connectivity index (χ2n) is 9.03. The first-order valence-corrected chi connectivity index (χ1v) is 13.1. The van der Waals surface area contributed by atoms with Crippen molar-refractivity contribution in [3.8, 4) is 0 Å². The molecule has 0 heterocycles. The Bertz CT molecular complexity index is 812. The lowest BCUT2D eigenvalue weighted by Crippen LogP contribution is -2.20. The molecule has 0 aliphatic carbocycles. The second-order valence-corrected chi connectivity index (χ2v) is 9.03. The van der Waals surface area contributed by atoms with Crippen LogP contribution in [0.3, 0.4) is 0 Å². The number of rotatable bonds is 17. The van der Waals surface area contributed by atoms with Crippen LogP contribution in [0.2, 0.25) is 0 Å². The van der Waals surface area contributed by atoms with Gasteiger partial charge in [0.2, 0.25) is 0 Å². The summed E-state index contributed by atoms with van der Waals surface area (Å²) in [7, 11) is 0. The molecule has 33 heavy (non-hydrogen) atoms. The van der Waals surface area contributed by atoms with Crippen LogP contribution in [0.1, 0.15) is 124 Å². The molecule has 0 N–H and O–H groups in total. The quantitative estimate of drug-likeness (QED) is 0.138. The van der Waals surface area contributed by atoms with Gasteiger partial charge in [0, 0.05) is 11.1 Å². The van der Waals surface area contributed by atoms with E-state index >= 15 is 0 Å². The van der Waals surface area contributed by atoms with Crippen molar-refractivity contribution >= 4 is 11.8 Å². The van der Waals surface area contributed by atoms with Crippen molar-refractivity contribution in [1.82, 2.24) is 0 Å². The van der Waals surface area contributed by atoms with Gasteiger partial charge in [-0.05, 0) is 31.7 Å². The van der Waals surface area contributed by atoms with Crippen molar-refractivity contribution in [2.24, 2.45) is 0 Å². The summed E-state index contributed by atoms with van der Waals surface area (Å²) >= 11 is 0. The Morgan fingerprint density at radius 2 is 1.12 bits per heavy atom. The molecule has 0 saturated carbocycles. The molecule has 0 saturated heterocycles. The number of carbonyl (C=O) groups is 2. The third-order valence-electron chi connectivity index (χ3n) is 6.21. The van der Waals surface area contributed by atoms with Crippen LogP contribution in [-0.4, -0.2) is 17.9 Å². The molecule has 1 atom stereocenters. The Hall–Kier alpha value is -2.42. The highest BCUT2D eigenvalue weighted by molar-refractivity contribution is 6.14. The Morgan fingerprint density at radius 3 is 1.76 bits per heavy atom. The van der Waals surface area contributed by atoms with Gasteiger partial charge in [0.15, 0.2) is 5.78 Å². The molecule has 0 aliphatic rings. The highest BCUT2D eigenvalue weighted by atomic mass is 16.5. The molecule has 0 spiro atoms. The van der Waals surface area contributed by atoms with Crippen molar-refractivity contribution in [3.63, 3.8) is 0 Å². The van der Waals surface area contributed by atoms with Gasteiger partial charge in [-0.2, -0.15) is 0 Å². The van der Waals surface area contributed by atoms with Gasteiger partial charge in [0.25, 0.3) is 0 Å². The lowest BCUT2D eigenvalue weighted by molar-refractivity contribution is 0.0247. The molecule has 2 rings (SSSR count). The van der Waals surface area contributed by atoms with E-state index in [2.05, 4.69) is 13.8 Å². The zero-order valence-corrected chi connectivity index (χ0v) is 20.7. The number of esters is 1. The van der Waals surface area contributed by atoms with E-state index in [0.29, 0.717) is 16.7 Å². The van der Waals surface area contributed by atoms with E-state index in [1.165, 1.54) is 44.9 Å². The molecule has 0 bridgehead atoms. The van der Waals surface area contributed by atoms with Crippen molar-refractivity contribution in [2.75, 3.05) is 0 Å². The van der Waals surface area contributed by atoms with Gasteiger partial charge in [-0.3, -0.25) is 4.79 Å². The SMILES string of the molecule is CCCCCCCCCCC(CCCCC)OC(=O)c1ccccc1C(=O)c1ccccc1. The van der Waals surface area contributed by atoms with E-state index in [1.54, 1.807) is 36.4 Å². The summed E-state index contributed by atoms with van der Waals surface area (Å²) in [5.41, 5.74) is 1.35. The van der Waals surface area contributed by atoms with E-state index in [1.807, 2.05) is 18.2 Å². The Kier molecular flexibility index (Phi) is 13.2. The third kappa shape index (κ3) is 9.94. The molecular weight excluding hydrogens is 408 g/mol. The van der Waals surface area contributed by atoms with E-state index in [0.717, 1.165) is 38.5 Å². The fraction of sp³-hybridized carbons (Fsp3) is 0.533. The molecule has 0 aliphatic heterocycles. The molecule has 0 radical (unpaired) electrons. The summed E-state index contributed by atoms with van der Waals surface area (Å²) in [4.78, 5) is 26.1. The average Bonchev–Trinajstić information content (AvgIpc) is 2.85. The number of carbonyl (C=O) groups excluding carboxylic acids is 2. The van der Waals surface area contributed by atoms with Gasteiger partial charge in [-0.25, -0.2) is 4.79 Å². The summed E-state index contributed by atoms with van der Waals surface area (Å²) in [5, 5.41) is 0. The second kappa shape index (κ2) is 16.2. The summed E-state index contributed by atoms with van der Waals surface area (Å²) in [6.45, 7) is 4.43. The Morgan fingerprint density at radius 1 is 0.636 bits per heavy atom. The van der Waals surface area contributed by atoms with Gasteiger partial charge in [0.1, 0.15) is 6.10 Å². The Labute approximate surface area is 200 Å². The van der Waals surface area contributed by atoms with Crippen LogP contribution in [-0.2, 0) is 4.74 Å². The van der Waals surface area contributed by atoms with Crippen LogP contribution in [0.5, 0.6) is 0 Å². The van der Waals surface area contributed by atoms with Crippen molar-refractivity contribution < 1.29 is 14.3 Å². The van der Waals surface area contributed by atoms with Crippen molar-refractivity contribution in [2.45, 2.75) is 103 Å². The molecule has 0 amide bonds. The minimum Gasteiger partial charge on any atom is -0.459 e. The summed E-state index contributed by atoms with van der Waals surface area (Å²) in [5.74, 6) is -0.523. The smallest absolute Gasteiger partial charge is 0.339 e. The maximum absolute atomic E-state index is 13.1. The molecule has 180 valence electrons. The summed E-state index contributed by atoms with van der Waals surface area (Å²) in [6, 6.07) is 16.1. The molecule has 1 unspecified atom stereocenters. The molecule has 2 aromatic rings. The van der Waals surface area contributed by atoms with E-state index in [-0.39, 0.29) is 17.9 Å². The molecule has 2 aromatic carbocycles. The van der Waals surface area contributed by atoms with Crippen LogP contribution in [0.25, 0.3) is 0 Å². The van der Waals surface area contributed by atoms with Gasteiger partial charge in [0.05, 0.1) is 5.56 Å². The van der Waals surface area contributed by atoms with Crippen LogP contribution >= 0.6 is 0 Å². The minimum atomic E-state index is -0.379. The van der Waals surface area contributed by atoms with Crippen LogP contribution in [0.4, 0.5) is 0 Å². The molecule has 3 heteroatoms. The number of ketones is 1. The summed E-state index contributed by atoms with van der Waals surface area (Å²) < 4.78 is 5.98. The maximum atomic E-state index is 13.1. The Balaban J connectivity index is 1.95. The van der Waals surface area contributed by atoms with Gasteiger partial charge in [-0.15, -0.1) is 0 Å². The first-order valence-electron chi connectivity index (χ1n) is 13.1. The minimum absolute atomic E-state index is 0.0796. The van der Waals surface area contributed by atoms with Crippen LogP contribution in [0.15, 0.2) is 54.6 Å². The highest BCUT2D eigenvalue weighted by Crippen LogP contribution is 2.20. The molecular formula is C30H42O3. The average molecular weight is 451 g/mol. The fourth-order valence-electron chi connectivity index (χ4n) is 4.21. The number of benzene rings is 2. The first-order chi connectivity index (χ1) is 16.2. The van der Waals surface area contributed by atoms with Gasteiger partial charge < -0.3 is 4.74 Å². The molecule has 0 fully saturated rings. The third-order valence-corrected chi connectivity index (χ3v) is 6.21. The monoisotopic (exact) mass is 450 g/mol. The zero-order valence-electron chi connectivity index (χ0n) is 20.7. The predicted octanol–water partition coefficient (Wildman–Crippen LogP) is 8.55. The molecule has 0 aromatic heterocycles. The maximum Gasteiger partial charge on any atom is 0.339 e. The highest BCUT2D eigenvalue weighted by Gasteiger charge is 2.22. The predicted molar refractivity (Wildman–Crippen MR) is 137 cm³/mol. The molecule has 3 nitrogen and oxygen atoms in total. The van der Waals surface area contributed by atoms with Crippen molar-refractivity contribution in [3.05, 3.63) is 71.3 Å². The van der Waals surface area contributed by atoms with E-state index < -0.39 is 0 Å². The standard InChI is InChI=1S/C30H42O3/c1-3-5-7-8-9-10-11-16-22-26(21-13-6-4-2)33-30(32)28-24-18-17-23-27(28)29(31)25-19-14-12-15-20-25/h12,14-15,17-20,23-24,26H,3-11,13,16,21-22H2,1-2H3. The number of hydrogen-bond donors (Lipinski definition) is 0. The lowest BCUT2D eigenvalue weighted by atomic mass is 9.98. The zero-order chi connectivity index (χ0) is 23.7. The van der Waals surface area contributed by atoms with Crippen LogP contribution < -0.4 is 0 Å². The van der Waals surface area contributed by atoms with Gasteiger partial charge >= 0.3 is 5.97 Å². The van der Waals surface area contributed by atoms with E-state index in [9.17, 15) is 9.59 Å². The largest absolute Gasteiger partial charge is 0.459 e. The number of unbranched alkanes of at least 4 members (excludes halogenated alkanes) is 9. The topological polar surface area (TPSA) is 43.4 Å². The number of hydrogen-bond acceptors (Lipinski definition) is 3. The van der Waals surface area contributed by atoms with Gasteiger partial charge in [-0.1, -0.05) is 120 Å². The number of ether oxygens (including phenoxy) is 1. The fourth-order valence-corrected chi connectivity index (χ4v) is 4.21.